The summed E-state index contributed by atoms with van der Waals surface area (Å²) in [6.07, 6.45) is -0.174. The molecule has 4 nitrogen and oxygen atoms in total. The summed E-state index contributed by atoms with van der Waals surface area (Å²) in [7, 11) is 0. The Morgan fingerprint density at radius 1 is 0.952 bits per heavy atom. The SMILES string of the molecule is O=C(CC(C(=O)O)c1ccccc1)OCc1ccccc1. The molecular formula is C17H16O4. The maximum Gasteiger partial charge on any atom is 0.311 e. The second kappa shape index (κ2) is 7.24. The number of hydrogen-bond acceptors (Lipinski definition) is 3. The third kappa shape index (κ3) is 4.45. The summed E-state index contributed by atoms with van der Waals surface area (Å²) in [6, 6.07) is 18.0. The zero-order valence-electron chi connectivity index (χ0n) is 11.4. The molecule has 2 aromatic rings. The lowest BCUT2D eigenvalue weighted by atomic mass is 9.96. The summed E-state index contributed by atoms with van der Waals surface area (Å²) in [4.78, 5) is 23.1. The van der Waals surface area contributed by atoms with Gasteiger partial charge in [0.05, 0.1) is 12.3 Å². The van der Waals surface area contributed by atoms with E-state index in [9.17, 15) is 14.7 Å². The van der Waals surface area contributed by atoms with Crippen LogP contribution in [0.4, 0.5) is 0 Å². The van der Waals surface area contributed by atoms with Crippen molar-refractivity contribution in [1.29, 1.82) is 0 Å². The van der Waals surface area contributed by atoms with Crippen LogP contribution in [0.2, 0.25) is 0 Å². The molecular weight excluding hydrogens is 268 g/mol. The molecule has 0 saturated carbocycles. The van der Waals surface area contributed by atoms with Gasteiger partial charge in [-0.1, -0.05) is 60.7 Å². The van der Waals surface area contributed by atoms with Crippen molar-refractivity contribution in [2.45, 2.75) is 18.9 Å². The Morgan fingerprint density at radius 3 is 2.10 bits per heavy atom. The van der Waals surface area contributed by atoms with Crippen molar-refractivity contribution in [3.05, 3.63) is 71.8 Å². The van der Waals surface area contributed by atoms with Crippen molar-refractivity contribution in [3.63, 3.8) is 0 Å². The molecule has 0 amide bonds. The highest BCUT2D eigenvalue weighted by molar-refractivity contribution is 5.83. The van der Waals surface area contributed by atoms with E-state index in [-0.39, 0.29) is 13.0 Å². The first-order chi connectivity index (χ1) is 10.2. The van der Waals surface area contributed by atoms with Crippen LogP contribution in [0, 0.1) is 0 Å². The average Bonchev–Trinajstić information content (AvgIpc) is 2.52. The Kier molecular flexibility index (Phi) is 5.10. The molecule has 1 N–H and O–H groups in total. The normalized spacial score (nSPS) is 11.6. The molecule has 0 aliphatic carbocycles. The smallest absolute Gasteiger partial charge is 0.311 e. The van der Waals surface area contributed by atoms with Gasteiger partial charge in [-0.05, 0) is 11.1 Å². The molecule has 0 fully saturated rings. The third-order valence-electron chi connectivity index (χ3n) is 3.11. The van der Waals surface area contributed by atoms with Gasteiger partial charge in [0.25, 0.3) is 0 Å². The molecule has 0 radical (unpaired) electrons. The van der Waals surface area contributed by atoms with Crippen molar-refractivity contribution in [3.8, 4) is 0 Å². The summed E-state index contributed by atoms with van der Waals surface area (Å²) >= 11 is 0. The second-order valence-electron chi connectivity index (χ2n) is 4.65. The standard InChI is InChI=1S/C17H16O4/c18-16(21-12-13-7-3-1-4-8-13)11-15(17(19)20)14-9-5-2-6-10-14/h1-10,15H,11-12H2,(H,19,20). The van der Waals surface area contributed by atoms with Gasteiger partial charge in [-0.25, -0.2) is 0 Å². The number of carboxylic acid groups (broad SMARTS) is 1. The van der Waals surface area contributed by atoms with Crippen LogP contribution in [0.25, 0.3) is 0 Å². The number of ether oxygens (including phenoxy) is 1. The average molecular weight is 284 g/mol. The van der Waals surface area contributed by atoms with Crippen LogP contribution in [0.3, 0.4) is 0 Å². The van der Waals surface area contributed by atoms with E-state index in [1.54, 1.807) is 30.3 Å². The molecule has 0 aromatic heterocycles. The molecule has 0 spiro atoms. The van der Waals surface area contributed by atoms with Crippen molar-refractivity contribution < 1.29 is 19.4 Å². The first kappa shape index (κ1) is 14.8. The van der Waals surface area contributed by atoms with Crippen molar-refractivity contribution in [2.75, 3.05) is 0 Å². The van der Waals surface area contributed by atoms with Gasteiger partial charge < -0.3 is 9.84 Å². The lowest BCUT2D eigenvalue weighted by Gasteiger charge is -2.12. The van der Waals surface area contributed by atoms with E-state index in [1.165, 1.54) is 0 Å². The number of aliphatic carboxylic acids is 1. The second-order valence-corrected chi connectivity index (χ2v) is 4.65. The first-order valence-corrected chi connectivity index (χ1v) is 6.64. The monoisotopic (exact) mass is 284 g/mol. The molecule has 0 aliphatic rings. The van der Waals surface area contributed by atoms with Gasteiger partial charge in [0.1, 0.15) is 6.61 Å². The van der Waals surface area contributed by atoms with Crippen LogP contribution < -0.4 is 0 Å². The lowest BCUT2D eigenvalue weighted by molar-refractivity contribution is -0.150. The quantitative estimate of drug-likeness (QED) is 0.828. The van der Waals surface area contributed by atoms with Crippen LogP contribution in [-0.4, -0.2) is 17.0 Å². The number of carbonyl (C=O) groups excluding carboxylic acids is 1. The molecule has 108 valence electrons. The topological polar surface area (TPSA) is 63.6 Å². The van der Waals surface area contributed by atoms with Crippen LogP contribution in [-0.2, 0) is 20.9 Å². The number of carboxylic acids is 1. The Hall–Kier alpha value is -2.62. The van der Waals surface area contributed by atoms with Gasteiger partial charge >= 0.3 is 11.9 Å². The van der Waals surface area contributed by atoms with Crippen LogP contribution >= 0.6 is 0 Å². The van der Waals surface area contributed by atoms with E-state index in [4.69, 9.17) is 4.74 Å². The number of benzene rings is 2. The van der Waals surface area contributed by atoms with E-state index in [0.717, 1.165) is 5.56 Å². The van der Waals surface area contributed by atoms with Gasteiger partial charge in [0.15, 0.2) is 0 Å². The molecule has 1 unspecified atom stereocenters. The molecule has 0 aliphatic heterocycles. The summed E-state index contributed by atoms with van der Waals surface area (Å²) in [5.41, 5.74) is 1.47. The van der Waals surface area contributed by atoms with Crippen molar-refractivity contribution >= 4 is 11.9 Å². The van der Waals surface area contributed by atoms with Crippen molar-refractivity contribution in [2.24, 2.45) is 0 Å². The van der Waals surface area contributed by atoms with E-state index < -0.39 is 17.9 Å². The molecule has 0 bridgehead atoms. The lowest BCUT2D eigenvalue weighted by Crippen LogP contribution is -2.17. The highest BCUT2D eigenvalue weighted by Gasteiger charge is 2.23. The maximum atomic E-state index is 11.8. The molecule has 0 heterocycles. The van der Waals surface area contributed by atoms with E-state index in [2.05, 4.69) is 0 Å². The van der Waals surface area contributed by atoms with Gasteiger partial charge in [-0.2, -0.15) is 0 Å². The summed E-state index contributed by atoms with van der Waals surface area (Å²) < 4.78 is 5.13. The third-order valence-corrected chi connectivity index (χ3v) is 3.11. The summed E-state index contributed by atoms with van der Waals surface area (Å²) in [6.45, 7) is 0.154. The van der Waals surface area contributed by atoms with Crippen LogP contribution in [0.5, 0.6) is 0 Å². The van der Waals surface area contributed by atoms with E-state index in [1.807, 2.05) is 30.3 Å². The van der Waals surface area contributed by atoms with Gasteiger partial charge in [0, 0.05) is 0 Å². The molecule has 0 saturated heterocycles. The largest absolute Gasteiger partial charge is 0.481 e. The zero-order chi connectivity index (χ0) is 15.1. The fraction of sp³-hybridized carbons (Fsp3) is 0.176. The summed E-state index contributed by atoms with van der Waals surface area (Å²) in [5.74, 6) is -2.43. The number of rotatable bonds is 6. The first-order valence-electron chi connectivity index (χ1n) is 6.64. The van der Waals surface area contributed by atoms with E-state index >= 15 is 0 Å². The Bertz CT molecular complexity index is 593. The Morgan fingerprint density at radius 2 is 1.52 bits per heavy atom. The number of hydrogen-bond donors (Lipinski definition) is 1. The minimum absolute atomic E-state index is 0.154. The predicted octanol–water partition coefficient (Wildman–Crippen LogP) is 2.99. The molecule has 21 heavy (non-hydrogen) atoms. The maximum absolute atomic E-state index is 11.8. The zero-order valence-corrected chi connectivity index (χ0v) is 11.4. The molecule has 1 atom stereocenters. The van der Waals surface area contributed by atoms with Gasteiger partial charge in [-0.3, -0.25) is 9.59 Å². The highest BCUT2D eigenvalue weighted by Crippen LogP contribution is 2.20. The fourth-order valence-electron chi connectivity index (χ4n) is 2.00. The van der Waals surface area contributed by atoms with Crippen molar-refractivity contribution in [1.82, 2.24) is 0 Å². The Balaban J connectivity index is 1.95. The fourth-order valence-corrected chi connectivity index (χ4v) is 2.00. The van der Waals surface area contributed by atoms with E-state index in [0.29, 0.717) is 5.56 Å². The Labute approximate surface area is 123 Å². The number of esters is 1. The number of carbonyl (C=O) groups is 2. The van der Waals surface area contributed by atoms with Gasteiger partial charge in [-0.15, -0.1) is 0 Å². The predicted molar refractivity (Wildman–Crippen MR) is 77.7 cm³/mol. The van der Waals surface area contributed by atoms with Crippen LogP contribution in [0.15, 0.2) is 60.7 Å². The van der Waals surface area contributed by atoms with Crippen LogP contribution in [0.1, 0.15) is 23.5 Å². The molecule has 2 aromatic carbocycles. The minimum Gasteiger partial charge on any atom is -0.481 e. The minimum atomic E-state index is -1.03. The highest BCUT2D eigenvalue weighted by atomic mass is 16.5. The molecule has 4 heteroatoms. The van der Waals surface area contributed by atoms with Gasteiger partial charge in [0.2, 0.25) is 0 Å². The molecule has 2 rings (SSSR count). The summed E-state index contributed by atoms with van der Waals surface area (Å²) in [5, 5.41) is 9.25.